The molecule has 0 aliphatic carbocycles. The summed E-state index contributed by atoms with van der Waals surface area (Å²) in [5.74, 6) is 0.803. The number of benzene rings is 1. The Bertz CT molecular complexity index is 412. The molecule has 0 aliphatic heterocycles. The Kier molecular flexibility index (Phi) is 7.80. The van der Waals surface area contributed by atoms with Crippen LogP contribution in [0.25, 0.3) is 0 Å². The highest BCUT2D eigenvalue weighted by Crippen LogP contribution is 2.19. The maximum atomic E-state index is 11.7. The molecule has 2 N–H and O–H groups in total. The van der Waals surface area contributed by atoms with E-state index in [1.165, 1.54) is 0 Å². The van der Waals surface area contributed by atoms with Crippen LogP contribution in [-0.2, 0) is 0 Å². The molecule has 1 aromatic carbocycles. The van der Waals surface area contributed by atoms with Gasteiger partial charge in [-0.1, -0.05) is 11.6 Å². The lowest BCUT2D eigenvalue weighted by Gasteiger charge is -2.18. The normalized spacial score (nSPS) is 12.0. The zero-order valence-electron chi connectivity index (χ0n) is 11.8. The second kappa shape index (κ2) is 9.10. The van der Waals surface area contributed by atoms with Crippen molar-refractivity contribution in [1.82, 2.24) is 10.2 Å². The lowest BCUT2D eigenvalue weighted by molar-refractivity contribution is 0.163. The molecule has 1 rings (SSSR count). The van der Waals surface area contributed by atoms with Crippen molar-refractivity contribution in [3.8, 4) is 0 Å². The molecule has 0 saturated heterocycles. The lowest BCUT2D eigenvalue weighted by Crippen LogP contribution is -2.39. The molecule has 0 aromatic heterocycles. The van der Waals surface area contributed by atoms with E-state index in [9.17, 15) is 9.90 Å². The molecule has 1 aromatic rings. The van der Waals surface area contributed by atoms with Gasteiger partial charge < -0.3 is 15.3 Å². The van der Waals surface area contributed by atoms with Gasteiger partial charge in [0, 0.05) is 35.8 Å². The molecule has 112 valence electrons. The van der Waals surface area contributed by atoms with Gasteiger partial charge in [-0.05, 0) is 37.6 Å². The highest BCUT2D eigenvalue weighted by Gasteiger charge is 2.08. The van der Waals surface area contributed by atoms with Crippen LogP contribution in [0.4, 0.5) is 4.79 Å². The molecular weight excluding hydrogens is 296 g/mol. The maximum absolute atomic E-state index is 11.7. The standard InChI is InChI=1S/C14H21ClN2O2S/c1-11(18)7-9-17(2)14(19)16-8-10-20-13-5-3-12(15)4-6-13/h3-6,11,18H,7-10H2,1-2H3,(H,16,19). The maximum Gasteiger partial charge on any atom is 0.317 e. The number of urea groups is 1. The van der Waals surface area contributed by atoms with E-state index in [0.717, 1.165) is 15.7 Å². The molecule has 6 heteroatoms. The van der Waals surface area contributed by atoms with Crippen LogP contribution in [0, 0.1) is 0 Å². The number of nitrogens with zero attached hydrogens (tertiary/aromatic N) is 1. The van der Waals surface area contributed by atoms with Gasteiger partial charge in [-0.3, -0.25) is 0 Å². The minimum atomic E-state index is -0.384. The Labute approximate surface area is 129 Å². The van der Waals surface area contributed by atoms with E-state index in [0.29, 0.717) is 19.5 Å². The van der Waals surface area contributed by atoms with Crippen molar-refractivity contribution in [2.24, 2.45) is 0 Å². The third-order valence-electron chi connectivity index (χ3n) is 2.69. The van der Waals surface area contributed by atoms with Gasteiger partial charge >= 0.3 is 6.03 Å². The molecule has 1 atom stereocenters. The monoisotopic (exact) mass is 316 g/mol. The summed E-state index contributed by atoms with van der Waals surface area (Å²) in [7, 11) is 1.73. The molecule has 0 aliphatic rings. The second-order valence-electron chi connectivity index (χ2n) is 4.59. The van der Waals surface area contributed by atoms with Crippen molar-refractivity contribution in [2.45, 2.75) is 24.3 Å². The molecule has 0 spiro atoms. The molecule has 0 fully saturated rings. The average Bonchev–Trinajstić information content (AvgIpc) is 2.42. The van der Waals surface area contributed by atoms with Gasteiger partial charge in [0.15, 0.2) is 0 Å². The summed E-state index contributed by atoms with van der Waals surface area (Å²) in [6, 6.07) is 7.52. The number of aliphatic hydroxyl groups is 1. The quantitative estimate of drug-likeness (QED) is 0.601. The van der Waals surface area contributed by atoms with Crippen molar-refractivity contribution < 1.29 is 9.90 Å². The Morgan fingerprint density at radius 3 is 2.70 bits per heavy atom. The van der Waals surface area contributed by atoms with Gasteiger partial charge in [-0.15, -0.1) is 11.8 Å². The molecule has 2 amide bonds. The Balaban J connectivity index is 2.17. The largest absolute Gasteiger partial charge is 0.393 e. The van der Waals surface area contributed by atoms with Gasteiger partial charge in [0.25, 0.3) is 0 Å². The number of halogens is 1. The number of thioether (sulfide) groups is 1. The number of amides is 2. The van der Waals surface area contributed by atoms with E-state index >= 15 is 0 Å². The van der Waals surface area contributed by atoms with Gasteiger partial charge in [-0.25, -0.2) is 4.79 Å². The van der Waals surface area contributed by atoms with Gasteiger partial charge in [0.2, 0.25) is 0 Å². The van der Waals surface area contributed by atoms with Crippen molar-refractivity contribution in [3.05, 3.63) is 29.3 Å². The summed E-state index contributed by atoms with van der Waals surface area (Å²) in [5.41, 5.74) is 0. The smallest absolute Gasteiger partial charge is 0.317 e. The number of carbonyl (C=O) groups excluding carboxylic acids is 1. The molecule has 0 radical (unpaired) electrons. The molecule has 4 nitrogen and oxygen atoms in total. The fourth-order valence-corrected chi connectivity index (χ4v) is 2.37. The van der Waals surface area contributed by atoms with Crippen LogP contribution >= 0.6 is 23.4 Å². The van der Waals surface area contributed by atoms with E-state index in [2.05, 4.69) is 5.32 Å². The summed E-state index contributed by atoms with van der Waals surface area (Å²) in [6.45, 7) is 2.87. The van der Waals surface area contributed by atoms with Gasteiger partial charge in [0.05, 0.1) is 6.10 Å². The highest BCUT2D eigenvalue weighted by molar-refractivity contribution is 7.99. The first kappa shape index (κ1) is 17.1. The van der Waals surface area contributed by atoms with E-state index in [1.807, 2.05) is 24.3 Å². The Hall–Kier alpha value is -0.910. The van der Waals surface area contributed by atoms with Crippen LogP contribution in [-0.4, -0.2) is 48.0 Å². The first-order chi connectivity index (χ1) is 9.49. The minimum absolute atomic E-state index is 0.109. The van der Waals surface area contributed by atoms with Crippen molar-refractivity contribution in [3.63, 3.8) is 0 Å². The molecule has 0 bridgehead atoms. The fourth-order valence-electron chi connectivity index (χ4n) is 1.47. The zero-order chi connectivity index (χ0) is 15.0. The first-order valence-corrected chi connectivity index (χ1v) is 7.91. The van der Waals surface area contributed by atoms with Crippen LogP contribution in [0.1, 0.15) is 13.3 Å². The average molecular weight is 317 g/mol. The SMILES string of the molecule is CC(O)CCN(C)C(=O)NCCSc1ccc(Cl)cc1. The van der Waals surface area contributed by atoms with Gasteiger partial charge in [-0.2, -0.15) is 0 Å². The summed E-state index contributed by atoms with van der Waals surface area (Å²) in [5, 5.41) is 12.7. The molecular formula is C14H21ClN2O2S. The fraction of sp³-hybridized carbons (Fsp3) is 0.500. The summed E-state index contributed by atoms with van der Waals surface area (Å²) in [4.78, 5) is 14.4. The van der Waals surface area contributed by atoms with Crippen LogP contribution in [0.2, 0.25) is 5.02 Å². The van der Waals surface area contributed by atoms with E-state index < -0.39 is 0 Å². The third-order valence-corrected chi connectivity index (χ3v) is 3.96. The predicted octanol–water partition coefficient (Wildman–Crippen LogP) is 2.84. The predicted molar refractivity (Wildman–Crippen MR) is 84.5 cm³/mol. The summed E-state index contributed by atoms with van der Waals surface area (Å²) < 4.78 is 0. The van der Waals surface area contributed by atoms with E-state index in [-0.39, 0.29) is 12.1 Å². The molecule has 1 unspecified atom stereocenters. The third kappa shape index (κ3) is 7.03. The van der Waals surface area contributed by atoms with Gasteiger partial charge in [0.1, 0.15) is 0 Å². The van der Waals surface area contributed by atoms with Crippen LogP contribution in [0.5, 0.6) is 0 Å². The van der Waals surface area contributed by atoms with Crippen LogP contribution in [0.3, 0.4) is 0 Å². The zero-order valence-corrected chi connectivity index (χ0v) is 13.4. The molecule has 0 saturated carbocycles. The second-order valence-corrected chi connectivity index (χ2v) is 6.20. The van der Waals surface area contributed by atoms with Crippen LogP contribution in [0.15, 0.2) is 29.2 Å². The number of rotatable bonds is 7. The Morgan fingerprint density at radius 1 is 1.45 bits per heavy atom. The molecule has 20 heavy (non-hydrogen) atoms. The number of nitrogens with one attached hydrogen (secondary N) is 1. The molecule has 0 heterocycles. The van der Waals surface area contributed by atoms with Crippen molar-refractivity contribution in [1.29, 1.82) is 0 Å². The van der Waals surface area contributed by atoms with Crippen molar-refractivity contribution >= 4 is 29.4 Å². The Morgan fingerprint density at radius 2 is 2.10 bits per heavy atom. The number of carbonyl (C=O) groups is 1. The number of hydrogen-bond acceptors (Lipinski definition) is 3. The first-order valence-electron chi connectivity index (χ1n) is 6.54. The summed E-state index contributed by atoms with van der Waals surface area (Å²) in [6.07, 6.45) is 0.203. The van der Waals surface area contributed by atoms with E-state index in [1.54, 1.807) is 30.6 Å². The van der Waals surface area contributed by atoms with E-state index in [4.69, 9.17) is 11.6 Å². The number of aliphatic hydroxyl groups excluding tert-OH is 1. The van der Waals surface area contributed by atoms with Crippen molar-refractivity contribution in [2.75, 3.05) is 25.9 Å². The topological polar surface area (TPSA) is 52.6 Å². The van der Waals surface area contributed by atoms with Crippen LogP contribution < -0.4 is 5.32 Å². The number of hydrogen-bond donors (Lipinski definition) is 2. The summed E-state index contributed by atoms with van der Waals surface area (Å²) >= 11 is 7.48. The highest BCUT2D eigenvalue weighted by atomic mass is 35.5. The lowest BCUT2D eigenvalue weighted by atomic mass is 10.3. The minimum Gasteiger partial charge on any atom is -0.393 e.